The van der Waals surface area contributed by atoms with E-state index >= 15 is 0 Å². The highest BCUT2D eigenvalue weighted by atomic mass is 31.2. The summed E-state index contributed by atoms with van der Waals surface area (Å²) >= 11 is 0. The lowest BCUT2D eigenvalue weighted by Gasteiger charge is -2.21. The van der Waals surface area contributed by atoms with Gasteiger partial charge in [0.05, 0.1) is 26.4 Å². The molecule has 552 valence electrons. The summed E-state index contributed by atoms with van der Waals surface area (Å²) in [4.78, 5) is 72.7. The number of phosphoric ester groups is 2. The van der Waals surface area contributed by atoms with Crippen molar-refractivity contribution in [3.8, 4) is 0 Å². The molecule has 19 heteroatoms. The van der Waals surface area contributed by atoms with Gasteiger partial charge in [0.1, 0.15) is 19.3 Å². The van der Waals surface area contributed by atoms with E-state index in [2.05, 4.69) is 55.4 Å². The topological polar surface area (TPSA) is 237 Å². The van der Waals surface area contributed by atoms with Crippen molar-refractivity contribution in [1.82, 2.24) is 0 Å². The van der Waals surface area contributed by atoms with Gasteiger partial charge in [-0.25, -0.2) is 9.13 Å². The minimum atomic E-state index is -4.95. The van der Waals surface area contributed by atoms with Crippen LogP contribution in [-0.4, -0.2) is 96.7 Å². The van der Waals surface area contributed by atoms with Crippen LogP contribution >= 0.6 is 15.6 Å². The summed E-state index contributed by atoms with van der Waals surface area (Å²) in [6.07, 6.45) is 47.3. The van der Waals surface area contributed by atoms with Gasteiger partial charge in [0.2, 0.25) is 0 Å². The first kappa shape index (κ1) is 91.1. The number of aliphatic hydroxyl groups excluding tert-OH is 1. The van der Waals surface area contributed by atoms with E-state index in [9.17, 15) is 43.2 Å². The molecule has 0 saturated heterocycles. The van der Waals surface area contributed by atoms with Crippen LogP contribution in [-0.2, 0) is 65.4 Å². The SMILES string of the molecule is CC(C)CCCCCCCCCCCCCCCCCC(=O)OC[C@H](COP(=O)(O)OCC(O)COP(=O)(O)OC[C@@H](COC(=O)CCCCCCCCCC(C)C)OC(=O)CCCCCCCCCCCCCC(C)C)OC(=O)CCCCCCCCCCC(C)C. The second-order valence-electron chi connectivity index (χ2n) is 28.6. The molecule has 0 aliphatic heterocycles. The standard InChI is InChI=1S/C74H144O17P2/c1-64(2)50-42-34-26-19-15-12-10-9-11-13-17-21-30-38-46-54-71(76)84-60-69(91-74(79)57-49-41-32-24-23-28-36-44-52-66(5)6)62-88-92(80,81)86-58-68(75)59-87-93(82,83)89-63-70(61-85-72(77)55-47-39-33-25-29-37-45-53-67(7)8)90-73(78)56-48-40-31-22-18-14-16-20-27-35-43-51-65(3)4/h64-70,75H,9-63H2,1-8H3,(H,80,81)(H,82,83)/t68?,69-,70-/m1/s1. The number of carbonyl (C=O) groups excluding carboxylic acids is 4. The van der Waals surface area contributed by atoms with Crippen LogP contribution in [0.2, 0.25) is 0 Å². The lowest BCUT2D eigenvalue weighted by atomic mass is 10.0. The van der Waals surface area contributed by atoms with Crippen molar-refractivity contribution in [3.05, 3.63) is 0 Å². The maximum absolute atomic E-state index is 13.0. The summed E-state index contributed by atoms with van der Waals surface area (Å²) in [6.45, 7) is 14.1. The van der Waals surface area contributed by atoms with E-state index in [-0.39, 0.29) is 25.7 Å². The Hall–Kier alpha value is -1.94. The van der Waals surface area contributed by atoms with Crippen molar-refractivity contribution in [2.24, 2.45) is 23.7 Å². The van der Waals surface area contributed by atoms with Gasteiger partial charge in [-0.1, -0.05) is 319 Å². The molecule has 0 heterocycles. The monoisotopic (exact) mass is 1370 g/mol. The molecular weight excluding hydrogens is 1220 g/mol. The Kier molecular flexibility index (Phi) is 62.2. The van der Waals surface area contributed by atoms with Crippen LogP contribution < -0.4 is 0 Å². The number of unbranched alkanes of at least 4 members (excludes halogenated alkanes) is 37. The molecule has 17 nitrogen and oxygen atoms in total. The van der Waals surface area contributed by atoms with E-state index in [4.69, 9.17) is 37.0 Å². The van der Waals surface area contributed by atoms with Crippen LogP contribution in [0.1, 0.15) is 370 Å². The number of rotatable bonds is 71. The Labute approximate surface area is 568 Å². The van der Waals surface area contributed by atoms with Crippen molar-refractivity contribution in [2.75, 3.05) is 39.6 Å². The summed E-state index contributed by atoms with van der Waals surface area (Å²) in [5, 5.41) is 10.6. The van der Waals surface area contributed by atoms with E-state index in [0.717, 1.165) is 114 Å². The van der Waals surface area contributed by atoms with Crippen LogP contribution in [0, 0.1) is 23.7 Å². The average Bonchev–Trinajstić information content (AvgIpc) is 2.59. The first-order chi connectivity index (χ1) is 44.6. The van der Waals surface area contributed by atoms with Crippen molar-refractivity contribution in [3.63, 3.8) is 0 Å². The highest BCUT2D eigenvalue weighted by Crippen LogP contribution is 2.45. The summed E-state index contributed by atoms with van der Waals surface area (Å²) in [7, 11) is -9.91. The molecule has 3 N–H and O–H groups in total. The normalized spacial score (nSPS) is 14.2. The molecule has 0 spiro atoms. The third-order valence-corrected chi connectivity index (χ3v) is 19.0. The van der Waals surface area contributed by atoms with E-state index in [1.165, 1.54) is 167 Å². The predicted molar refractivity (Wildman–Crippen MR) is 377 cm³/mol. The van der Waals surface area contributed by atoms with Crippen LogP contribution in [0.25, 0.3) is 0 Å². The molecule has 0 aliphatic carbocycles. The molecular formula is C74H144O17P2. The average molecular weight is 1370 g/mol. The Morgan fingerprint density at radius 1 is 0.269 bits per heavy atom. The Morgan fingerprint density at radius 2 is 0.452 bits per heavy atom. The van der Waals surface area contributed by atoms with Crippen molar-refractivity contribution in [2.45, 2.75) is 388 Å². The first-order valence-electron chi connectivity index (χ1n) is 38.2. The summed E-state index contributed by atoms with van der Waals surface area (Å²) in [5.74, 6) is 0.869. The first-order valence-corrected chi connectivity index (χ1v) is 41.2. The van der Waals surface area contributed by atoms with Crippen LogP contribution in [0.3, 0.4) is 0 Å². The van der Waals surface area contributed by atoms with Crippen molar-refractivity contribution >= 4 is 39.5 Å². The van der Waals surface area contributed by atoms with E-state index in [1.54, 1.807) is 0 Å². The van der Waals surface area contributed by atoms with Gasteiger partial charge in [-0.2, -0.15) is 0 Å². The maximum atomic E-state index is 13.0. The Morgan fingerprint density at radius 3 is 0.667 bits per heavy atom. The second kappa shape index (κ2) is 63.5. The predicted octanol–water partition coefficient (Wildman–Crippen LogP) is 21.3. The fraction of sp³-hybridized carbons (Fsp3) is 0.946. The highest BCUT2D eigenvalue weighted by Gasteiger charge is 2.30. The molecule has 5 atom stereocenters. The molecule has 0 aliphatic rings. The zero-order valence-electron chi connectivity index (χ0n) is 60.9. The van der Waals surface area contributed by atoms with E-state index < -0.39 is 97.5 Å². The molecule has 0 aromatic heterocycles. The van der Waals surface area contributed by atoms with Gasteiger partial charge in [-0.3, -0.25) is 37.3 Å². The largest absolute Gasteiger partial charge is 0.472 e. The smallest absolute Gasteiger partial charge is 0.462 e. The third kappa shape index (κ3) is 68.4. The highest BCUT2D eigenvalue weighted by molar-refractivity contribution is 7.47. The molecule has 0 saturated carbocycles. The quantitative estimate of drug-likeness (QED) is 0.0222. The van der Waals surface area contributed by atoms with Gasteiger partial charge in [0.15, 0.2) is 12.2 Å². The fourth-order valence-corrected chi connectivity index (χ4v) is 12.8. The van der Waals surface area contributed by atoms with Gasteiger partial charge in [-0.05, 0) is 49.4 Å². The maximum Gasteiger partial charge on any atom is 0.472 e. The number of ether oxygens (including phenoxy) is 4. The van der Waals surface area contributed by atoms with Gasteiger partial charge < -0.3 is 33.8 Å². The summed E-state index contributed by atoms with van der Waals surface area (Å²) in [6, 6.07) is 0. The number of hydrogen-bond donors (Lipinski definition) is 3. The van der Waals surface area contributed by atoms with Gasteiger partial charge in [0, 0.05) is 25.7 Å². The Balaban J connectivity index is 5.21. The second-order valence-corrected chi connectivity index (χ2v) is 31.5. The third-order valence-electron chi connectivity index (χ3n) is 17.1. The van der Waals surface area contributed by atoms with Crippen molar-refractivity contribution < 1.29 is 80.2 Å². The van der Waals surface area contributed by atoms with Gasteiger partial charge >= 0.3 is 39.5 Å². The molecule has 0 aromatic rings. The molecule has 0 fully saturated rings. The summed E-state index contributed by atoms with van der Waals surface area (Å²) in [5.41, 5.74) is 0. The lowest BCUT2D eigenvalue weighted by molar-refractivity contribution is -0.161. The van der Waals surface area contributed by atoms with Gasteiger partial charge in [-0.15, -0.1) is 0 Å². The zero-order valence-corrected chi connectivity index (χ0v) is 62.7. The van der Waals surface area contributed by atoms with E-state index in [1.807, 2.05) is 0 Å². The number of aliphatic hydroxyl groups is 1. The molecule has 0 radical (unpaired) electrons. The van der Waals surface area contributed by atoms with Crippen LogP contribution in [0.4, 0.5) is 0 Å². The molecule has 0 amide bonds. The Bertz CT molecular complexity index is 1830. The zero-order chi connectivity index (χ0) is 68.9. The minimum absolute atomic E-state index is 0.104. The van der Waals surface area contributed by atoms with Crippen LogP contribution in [0.5, 0.6) is 0 Å². The number of carbonyl (C=O) groups is 4. The van der Waals surface area contributed by atoms with Crippen molar-refractivity contribution in [1.29, 1.82) is 0 Å². The molecule has 3 unspecified atom stereocenters. The summed E-state index contributed by atoms with van der Waals surface area (Å²) < 4.78 is 68.4. The molecule has 0 rings (SSSR count). The van der Waals surface area contributed by atoms with Gasteiger partial charge in [0.25, 0.3) is 0 Å². The number of esters is 4. The molecule has 93 heavy (non-hydrogen) atoms. The molecule has 0 aromatic carbocycles. The van der Waals surface area contributed by atoms with Crippen LogP contribution in [0.15, 0.2) is 0 Å². The van der Waals surface area contributed by atoms with E-state index in [0.29, 0.717) is 31.6 Å². The molecule has 0 bridgehead atoms. The lowest BCUT2D eigenvalue weighted by Crippen LogP contribution is -2.30. The number of hydrogen-bond acceptors (Lipinski definition) is 15. The minimum Gasteiger partial charge on any atom is -0.462 e. The fourth-order valence-electron chi connectivity index (χ4n) is 11.2. The number of phosphoric acid groups is 2.